The standard InChI is InChI=1S/C11H12BrNO3/c1-8(11(15)16-2)5-6-13-7-9(12)3-4-10(13)14/h3-5,7H,6H2,1-2H3. The van der Waals surface area contributed by atoms with Crippen LogP contribution in [0.2, 0.25) is 0 Å². The van der Waals surface area contributed by atoms with Crippen molar-refractivity contribution in [2.24, 2.45) is 0 Å². The van der Waals surface area contributed by atoms with E-state index < -0.39 is 0 Å². The number of pyridine rings is 1. The van der Waals surface area contributed by atoms with E-state index in [2.05, 4.69) is 20.7 Å². The van der Waals surface area contributed by atoms with Crippen molar-refractivity contribution in [2.45, 2.75) is 13.5 Å². The van der Waals surface area contributed by atoms with Gasteiger partial charge < -0.3 is 9.30 Å². The van der Waals surface area contributed by atoms with Crippen molar-refractivity contribution in [3.63, 3.8) is 0 Å². The van der Waals surface area contributed by atoms with Gasteiger partial charge in [-0.3, -0.25) is 4.79 Å². The van der Waals surface area contributed by atoms with Crippen LogP contribution in [0.15, 0.2) is 39.2 Å². The van der Waals surface area contributed by atoms with E-state index in [0.29, 0.717) is 12.1 Å². The maximum absolute atomic E-state index is 11.4. The minimum Gasteiger partial charge on any atom is -0.466 e. The van der Waals surface area contributed by atoms with Gasteiger partial charge in [-0.1, -0.05) is 6.08 Å². The van der Waals surface area contributed by atoms with E-state index in [4.69, 9.17) is 0 Å². The molecule has 1 aromatic heterocycles. The Labute approximate surface area is 102 Å². The molecular weight excluding hydrogens is 274 g/mol. The smallest absolute Gasteiger partial charge is 0.333 e. The number of aromatic nitrogens is 1. The summed E-state index contributed by atoms with van der Waals surface area (Å²) in [5, 5.41) is 0. The Kier molecular flexibility index (Phi) is 4.49. The molecule has 1 heterocycles. The summed E-state index contributed by atoms with van der Waals surface area (Å²) in [6, 6.07) is 3.14. The van der Waals surface area contributed by atoms with Crippen LogP contribution in [0.5, 0.6) is 0 Å². The Bertz CT molecular complexity index is 476. The van der Waals surface area contributed by atoms with E-state index in [9.17, 15) is 9.59 Å². The lowest BCUT2D eigenvalue weighted by Crippen LogP contribution is -2.17. The summed E-state index contributed by atoms with van der Waals surface area (Å²) in [4.78, 5) is 22.5. The monoisotopic (exact) mass is 285 g/mol. The molecule has 0 saturated carbocycles. The molecule has 0 aromatic carbocycles. The molecule has 4 nitrogen and oxygen atoms in total. The van der Waals surface area contributed by atoms with Gasteiger partial charge in [0.2, 0.25) is 0 Å². The second-order valence-electron chi connectivity index (χ2n) is 3.22. The summed E-state index contributed by atoms with van der Waals surface area (Å²) >= 11 is 3.27. The van der Waals surface area contributed by atoms with E-state index in [1.807, 2.05) is 0 Å². The maximum atomic E-state index is 11.4. The molecule has 1 rings (SSSR count). The highest BCUT2D eigenvalue weighted by atomic mass is 79.9. The number of methoxy groups -OCH3 is 1. The molecule has 0 aliphatic rings. The lowest BCUT2D eigenvalue weighted by molar-refractivity contribution is -0.136. The minimum atomic E-state index is -0.386. The highest BCUT2D eigenvalue weighted by Crippen LogP contribution is 2.05. The van der Waals surface area contributed by atoms with Crippen molar-refractivity contribution in [3.8, 4) is 0 Å². The zero-order valence-corrected chi connectivity index (χ0v) is 10.7. The fourth-order valence-electron chi connectivity index (χ4n) is 1.12. The normalized spacial score (nSPS) is 11.3. The summed E-state index contributed by atoms with van der Waals surface area (Å²) in [5.41, 5.74) is 0.367. The Hall–Kier alpha value is -1.36. The summed E-state index contributed by atoms with van der Waals surface area (Å²) in [6.07, 6.45) is 3.32. The van der Waals surface area contributed by atoms with Gasteiger partial charge in [-0.25, -0.2) is 4.79 Å². The molecule has 0 N–H and O–H groups in total. The average Bonchev–Trinajstić information content (AvgIpc) is 2.28. The maximum Gasteiger partial charge on any atom is 0.333 e. The number of carbonyl (C=O) groups excluding carboxylic acids is 1. The second-order valence-corrected chi connectivity index (χ2v) is 4.13. The van der Waals surface area contributed by atoms with Crippen molar-refractivity contribution in [1.82, 2.24) is 4.57 Å². The summed E-state index contributed by atoms with van der Waals surface area (Å²) in [5.74, 6) is -0.386. The first-order valence-corrected chi connectivity index (χ1v) is 5.45. The number of esters is 1. The first-order valence-electron chi connectivity index (χ1n) is 4.65. The first-order chi connectivity index (χ1) is 7.54. The molecule has 0 bridgehead atoms. The van der Waals surface area contributed by atoms with Gasteiger partial charge in [0.15, 0.2) is 0 Å². The Morgan fingerprint density at radius 2 is 2.25 bits per heavy atom. The van der Waals surface area contributed by atoms with Crippen molar-refractivity contribution in [2.75, 3.05) is 7.11 Å². The molecule has 16 heavy (non-hydrogen) atoms. The molecule has 0 unspecified atom stereocenters. The molecule has 0 saturated heterocycles. The molecule has 0 aliphatic heterocycles. The van der Waals surface area contributed by atoms with Gasteiger partial charge in [-0.05, 0) is 28.9 Å². The topological polar surface area (TPSA) is 48.3 Å². The van der Waals surface area contributed by atoms with E-state index in [-0.39, 0.29) is 11.5 Å². The second kappa shape index (κ2) is 5.65. The number of allylic oxidation sites excluding steroid dienone is 1. The third-order valence-corrected chi connectivity index (χ3v) is 2.52. The van der Waals surface area contributed by atoms with E-state index in [1.165, 1.54) is 17.7 Å². The molecule has 0 fully saturated rings. The average molecular weight is 286 g/mol. The Balaban J connectivity index is 2.86. The fourth-order valence-corrected chi connectivity index (χ4v) is 1.50. The SMILES string of the molecule is COC(=O)C(C)=CCn1cc(Br)ccc1=O. The van der Waals surface area contributed by atoms with Gasteiger partial charge in [0.05, 0.1) is 7.11 Å². The van der Waals surface area contributed by atoms with Gasteiger partial charge in [-0.2, -0.15) is 0 Å². The Morgan fingerprint density at radius 3 is 2.88 bits per heavy atom. The van der Waals surface area contributed by atoms with E-state index in [1.54, 1.807) is 25.3 Å². The van der Waals surface area contributed by atoms with Gasteiger partial charge in [0.1, 0.15) is 0 Å². The quantitative estimate of drug-likeness (QED) is 0.628. The number of halogens is 1. The highest BCUT2D eigenvalue weighted by Gasteiger charge is 2.02. The zero-order chi connectivity index (χ0) is 12.1. The zero-order valence-electron chi connectivity index (χ0n) is 9.07. The van der Waals surface area contributed by atoms with Gasteiger partial charge in [-0.15, -0.1) is 0 Å². The number of rotatable bonds is 3. The fraction of sp³-hybridized carbons (Fsp3) is 0.273. The van der Waals surface area contributed by atoms with Gasteiger partial charge >= 0.3 is 5.97 Å². The third kappa shape index (κ3) is 3.34. The number of nitrogens with zero attached hydrogens (tertiary/aromatic N) is 1. The highest BCUT2D eigenvalue weighted by molar-refractivity contribution is 9.10. The van der Waals surface area contributed by atoms with Crippen molar-refractivity contribution in [1.29, 1.82) is 0 Å². The molecular formula is C11H12BrNO3. The van der Waals surface area contributed by atoms with Crippen LogP contribution in [-0.4, -0.2) is 17.6 Å². The van der Waals surface area contributed by atoms with E-state index in [0.717, 1.165) is 4.47 Å². The number of carbonyl (C=O) groups is 1. The van der Waals surface area contributed by atoms with Crippen LogP contribution in [-0.2, 0) is 16.1 Å². The van der Waals surface area contributed by atoms with Crippen LogP contribution in [0, 0.1) is 0 Å². The molecule has 0 atom stereocenters. The van der Waals surface area contributed by atoms with Crippen LogP contribution < -0.4 is 5.56 Å². The lowest BCUT2D eigenvalue weighted by Gasteiger charge is -2.03. The summed E-state index contributed by atoms with van der Waals surface area (Å²) in [7, 11) is 1.32. The van der Waals surface area contributed by atoms with Gasteiger partial charge in [0.25, 0.3) is 5.56 Å². The van der Waals surface area contributed by atoms with Gasteiger partial charge in [0, 0.05) is 28.9 Å². The minimum absolute atomic E-state index is 0.114. The molecule has 1 aromatic rings. The molecule has 0 spiro atoms. The van der Waals surface area contributed by atoms with Crippen LogP contribution in [0.3, 0.4) is 0 Å². The number of hydrogen-bond donors (Lipinski definition) is 0. The predicted molar refractivity (Wildman–Crippen MR) is 64.2 cm³/mol. The molecule has 5 heteroatoms. The summed E-state index contributed by atoms with van der Waals surface area (Å²) < 4.78 is 6.86. The van der Waals surface area contributed by atoms with Crippen LogP contribution in [0.25, 0.3) is 0 Å². The summed E-state index contributed by atoms with van der Waals surface area (Å²) in [6.45, 7) is 1.99. The Morgan fingerprint density at radius 1 is 1.56 bits per heavy atom. The largest absolute Gasteiger partial charge is 0.466 e. The predicted octanol–water partition coefficient (Wildman–Crippen LogP) is 1.73. The van der Waals surface area contributed by atoms with Crippen molar-refractivity contribution < 1.29 is 9.53 Å². The number of hydrogen-bond acceptors (Lipinski definition) is 3. The molecule has 0 amide bonds. The van der Waals surface area contributed by atoms with Crippen molar-refractivity contribution >= 4 is 21.9 Å². The molecule has 86 valence electrons. The molecule has 0 radical (unpaired) electrons. The third-order valence-electron chi connectivity index (χ3n) is 2.05. The number of ether oxygens (including phenoxy) is 1. The lowest BCUT2D eigenvalue weighted by atomic mass is 10.3. The van der Waals surface area contributed by atoms with Crippen LogP contribution >= 0.6 is 15.9 Å². The van der Waals surface area contributed by atoms with Crippen LogP contribution in [0.1, 0.15) is 6.92 Å². The molecule has 0 aliphatic carbocycles. The van der Waals surface area contributed by atoms with E-state index >= 15 is 0 Å². The van der Waals surface area contributed by atoms with Crippen molar-refractivity contribution in [3.05, 3.63) is 44.8 Å². The first kappa shape index (κ1) is 12.7. The van der Waals surface area contributed by atoms with Crippen LogP contribution in [0.4, 0.5) is 0 Å².